The van der Waals surface area contributed by atoms with Crippen molar-refractivity contribution in [2.24, 2.45) is 5.10 Å². The van der Waals surface area contributed by atoms with Gasteiger partial charge in [0, 0.05) is 5.56 Å². The molecule has 0 aromatic heterocycles. The first-order chi connectivity index (χ1) is 14.1. The summed E-state index contributed by atoms with van der Waals surface area (Å²) in [7, 11) is 0. The van der Waals surface area contributed by atoms with Crippen LogP contribution in [0.1, 0.15) is 5.56 Å². The molecule has 144 valence electrons. The van der Waals surface area contributed by atoms with E-state index in [9.17, 15) is 9.90 Å². The fraction of sp³-hybridized carbons (Fsp3) is 0.0435. The number of phenolic OH excluding ortho intramolecular Hbond substituents is 1. The van der Waals surface area contributed by atoms with Crippen LogP contribution in [0.4, 0.5) is 0 Å². The van der Waals surface area contributed by atoms with Crippen LogP contribution < -0.4 is 10.2 Å². The number of aromatic hydroxyl groups is 1. The number of hydrogen-bond acceptors (Lipinski definition) is 4. The third kappa shape index (κ3) is 4.22. The lowest BCUT2D eigenvalue weighted by Crippen LogP contribution is -2.24. The number of halogens is 1. The first kappa shape index (κ1) is 19.0. The van der Waals surface area contributed by atoms with E-state index in [1.165, 1.54) is 6.21 Å². The fourth-order valence-electron chi connectivity index (χ4n) is 3.07. The van der Waals surface area contributed by atoms with Crippen LogP contribution in [-0.4, -0.2) is 23.8 Å². The molecule has 4 aromatic carbocycles. The Hall–Kier alpha value is -3.38. The highest BCUT2D eigenvalue weighted by Crippen LogP contribution is 2.33. The van der Waals surface area contributed by atoms with Gasteiger partial charge in [-0.3, -0.25) is 4.79 Å². The molecule has 4 rings (SSSR count). The molecule has 0 unspecified atom stereocenters. The molecule has 29 heavy (non-hydrogen) atoms. The molecule has 0 aliphatic carbocycles. The van der Waals surface area contributed by atoms with E-state index < -0.39 is 5.91 Å². The van der Waals surface area contributed by atoms with Crippen molar-refractivity contribution in [2.45, 2.75) is 0 Å². The van der Waals surface area contributed by atoms with E-state index >= 15 is 0 Å². The van der Waals surface area contributed by atoms with E-state index in [1.807, 2.05) is 72.8 Å². The van der Waals surface area contributed by atoms with Crippen LogP contribution >= 0.6 is 15.9 Å². The zero-order valence-electron chi connectivity index (χ0n) is 15.3. The number of benzene rings is 4. The molecule has 0 fully saturated rings. The number of hydrazone groups is 1. The first-order valence-electron chi connectivity index (χ1n) is 8.95. The van der Waals surface area contributed by atoms with Gasteiger partial charge in [-0.05, 0) is 55.7 Å². The predicted octanol–water partition coefficient (Wildman–Crippen LogP) is 4.99. The molecular formula is C23H17BrN2O3. The minimum atomic E-state index is -0.395. The van der Waals surface area contributed by atoms with Crippen LogP contribution in [0.2, 0.25) is 0 Å². The van der Waals surface area contributed by atoms with Crippen LogP contribution in [0.25, 0.3) is 21.5 Å². The van der Waals surface area contributed by atoms with Crippen molar-refractivity contribution in [3.05, 3.63) is 82.8 Å². The Balaban J connectivity index is 1.42. The Bertz CT molecular complexity index is 1240. The molecule has 0 aliphatic rings. The molecule has 0 radical (unpaired) electrons. The number of fused-ring (bicyclic) bond motifs is 2. The van der Waals surface area contributed by atoms with Gasteiger partial charge < -0.3 is 9.84 Å². The van der Waals surface area contributed by atoms with E-state index in [4.69, 9.17) is 4.74 Å². The lowest BCUT2D eigenvalue weighted by Gasteiger charge is -2.08. The average Bonchev–Trinajstić information content (AvgIpc) is 2.74. The zero-order valence-corrected chi connectivity index (χ0v) is 16.9. The van der Waals surface area contributed by atoms with Crippen LogP contribution in [0.5, 0.6) is 11.5 Å². The van der Waals surface area contributed by atoms with Gasteiger partial charge in [0.2, 0.25) is 0 Å². The van der Waals surface area contributed by atoms with Gasteiger partial charge in [-0.25, -0.2) is 5.43 Å². The number of carbonyl (C=O) groups is 1. The van der Waals surface area contributed by atoms with Crippen molar-refractivity contribution in [3.63, 3.8) is 0 Å². The Morgan fingerprint density at radius 1 is 1.00 bits per heavy atom. The minimum absolute atomic E-state index is 0.0640. The monoisotopic (exact) mass is 448 g/mol. The summed E-state index contributed by atoms with van der Waals surface area (Å²) in [6, 6.07) is 23.0. The van der Waals surface area contributed by atoms with Gasteiger partial charge in [-0.2, -0.15) is 5.10 Å². The summed E-state index contributed by atoms with van der Waals surface area (Å²) in [4.78, 5) is 12.1. The minimum Gasteiger partial charge on any atom is -0.506 e. The third-order valence-electron chi connectivity index (χ3n) is 4.49. The van der Waals surface area contributed by atoms with E-state index in [-0.39, 0.29) is 12.4 Å². The number of carbonyl (C=O) groups excluding carboxylic acids is 1. The molecule has 1 amide bonds. The SMILES string of the molecule is O=C(COc1ccc2ccccc2c1)NN=Cc1c(O)c(Br)cc2ccccc12. The average molecular weight is 449 g/mol. The maximum absolute atomic E-state index is 12.1. The largest absolute Gasteiger partial charge is 0.506 e. The van der Waals surface area contributed by atoms with Crippen molar-refractivity contribution in [3.8, 4) is 11.5 Å². The van der Waals surface area contributed by atoms with Gasteiger partial charge >= 0.3 is 0 Å². The standard InChI is InChI=1S/C23H17BrN2O3/c24-21-12-17-7-3-4-8-19(17)20(23(21)28)13-25-26-22(27)14-29-18-10-9-15-5-1-2-6-16(15)11-18/h1-13,28H,14H2,(H,26,27). The molecule has 6 heteroatoms. The van der Waals surface area contributed by atoms with Crippen LogP contribution in [0, 0.1) is 0 Å². The fourth-order valence-corrected chi connectivity index (χ4v) is 3.53. The second kappa shape index (κ2) is 8.32. The molecule has 5 nitrogen and oxygen atoms in total. The Labute approximate surface area is 175 Å². The van der Waals surface area contributed by atoms with Gasteiger partial charge in [0.25, 0.3) is 5.91 Å². The maximum Gasteiger partial charge on any atom is 0.277 e. The lowest BCUT2D eigenvalue weighted by atomic mass is 10.0. The van der Waals surface area contributed by atoms with E-state index in [1.54, 1.807) is 0 Å². The number of nitrogens with one attached hydrogen (secondary N) is 1. The molecule has 0 bridgehead atoms. The highest BCUT2D eigenvalue weighted by atomic mass is 79.9. The normalized spacial score (nSPS) is 11.2. The number of rotatable bonds is 5. The highest BCUT2D eigenvalue weighted by molar-refractivity contribution is 9.10. The van der Waals surface area contributed by atoms with Gasteiger partial charge in [0.15, 0.2) is 6.61 Å². The zero-order chi connectivity index (χ0) is 20.2. The molecule has 0 atom stereocenters. The molecule has 0 saturated heterocycles. The summed E-state index contributed by atoms with van der Waals surface area (Å²) >= 11 is 3.34. The van der Waals surface area contributed by atoms with Crippen LogP contribution in [0.15, 0.2) is 82.4 Å². The highest BCUT2D eigenvalue weighted by Gasteiger charge is 2.09. The summed E-state index contributed by atoms with van der Waals surface area (Å²) < 4.78 is 6.11. The van der Waals surface area contributed by atoms with Crippen LogP contribution in [0.3, 0.4) is 0 Å². The quantitative estimate of drug-likeness (QED) is 0.333. The van der Waals surface area contributed by atoms with E-state index in [2.05, 4.69) is 26.5 Å². The number of ether oxygens (including phenoxy) is 1. The van der Waals surface area contributed by atoms with E-state index in [0.29, 0.717) is 15.8 Å². The number of nitrogens with zero attached hydrogens (tertiary/aromatic N) is 1. The first-order valence-corrected chi connectivity index (χ1v) is 9.75. The smallest absolute Gasteiger partial charge is 0.277 e. The van der Waals surface area contributed by atoms with Crippen molar-refractivity contribution >= 4 is 49.6 Å². The van der Waals surface area contributed by atoms with Crippen molar-refractivity contribution < 1.29 is 14.6 Å². The molecule has 4 aromatic rings. The maximum atomic E-state index is 12.1. The molecule has 0 aliphatic heterocycles. The third-order valence-corrected chi connectivity index (χ3v) is 5.09. The Morgan fingerprint density at radius 3 is 2.55 bits per heavy atom. The number of hydrogen-bond donors (Lipinski definition) is 2. The Kier molecular flexibility index (Phi) is 5.44. The molecular weight excluding hydrogens is 432 g/mol. The number of phenols is 1. The second-order valence-electron chi connectivity index (χ2n) is 6.43. The second-order valence-corrected chi connectivity index (χ2v) is 7.29. The summed E-state index contributed by atoms with van der Waals surface area (Å²) in [5, 5.41) is 18.2. The Morgan fingerprint density at radius 2 is 1.72 bits per heavy atom. The number of amides is 1. The van der Waals surface area contributed by atoms with E-state index in [0.717, 1.165) is 21.5 Å². The molecule has 2 N–H and O–H groups in total. The van der Waals surface area contributed by atoms with Gasteiger partial charge in [0.1, 0.15) is 11.5 Å². The van der Waals surface area contributed by atoms with Crippen LogP contribution in [-0.2, 0) is 4.79 Å². The van der Waals surface area contributed by atoms with Crippen molar-refractivity contribution in [1.82, 2.24) is 5.43 Å². The molecule has 0 heterocycles. The molecule has 0 saturated carbocycles. The van der Waals surface area contributed by atoms with Crippen molar-refractivity contribution in [2.75, 3.05) is 6.61 Å². The summed E-state index contributed by atoms with van der Waals surface area (Å²) in [5.74, 6) is 0.278. The van der Waals surface area contributed by atoms with Gasteiger partial charge in [-0.15, -0.1) is 0 Å². The lowest BCUT2D eigenvalue weighted by molar-refractivity contribution is -0.123. The van der Waals surface area contributed by atoms with Crippen molar-refractivity contribution in [1.29, 1.82) is 0 Å². The van der Waals surface area contributed by atoms with Gasteiger partial charge in [0.05, 0.1) is 10.7 Å². The summed E-state index contributed by atoms with van der Waals surface area (Å²) in [5.41, 5.74) is 2.95. The topological polar surface area (TPSA) is 70.9 Å². The molecule has 0 spiro atoms. The summed E-state index contributed by atoms with van der Waals surface area (Å²) in [6.45, 7) is -0.166. The predicted molar refractivity (Wildman–Crippen MR) is 118 cm³/mol. The summed E-state index contributed by atoms with van der Waals surface area (Å²) in [6.07, 6.45) is 1.43. The van der Waals surface area contributed by atoms with Gasteiger partial charge in [-0.1, -0.05) is 54.6 Å².